The van der Waals surface area contributed by atoms with Crippen LogP contribution in [-0.4, -0.2) is 43.1 Å². The Morgan fingerprint density at radius 1 is 1.07 bits per heavy atom. The van der Waals surface area contributed by atoms with E-state index >= 15 is 0 Å². The van der Waals surface area contributed by atoms with Gasteiger partial charge in [-0.15, -0.1) is 22.0 Å². The number of benzene rings is 1. The van der Waals surface area contributed by atoms with Crippen LogP contribution in [0, 0.1) is 0 Å². The summed E-state index contributed by atoms with van der Waals surface area (Å²) in [5, 5.41) is 11.8. The first kappa shape index (κ1) is 19.9. The van der Waals surface area contributed by atoms with Gasteiger partial charge in [0.15, 0.2) is 11.0 Å². The molecule has 0 saturated heterocycles. The van der Waals surface area contributed by atoms with Gasteiger partial charge >= 0.3 is 0 Å². The molecule has 0 fully saturated rings. The Bertz CT molecular complexity index is 977. The van der Waals surface area contributed by atoms with E-state index in [0.29, 0.717) is 16.7 Å². The molecule has 0 saturated carbocycles. The van der Waals surface area contributed by atoms with Gasteiger partial charge in [0.2, 0.25) is 11.8 Å². The first-order valence-electron chi connectivity index (χ1n) is 8.27. The molecule has 0 aliphatic heterocycles. The van der Waals surface area contributed by atoms with E-state index in [1.807, 2.05) is 41.9 Å². The second-order valence-corrected chi connectivity index (χ2v) is 7.65. The Labute approximate surface area is 170 Å². The van der Waals surface area contributed by atoms with Crippen molar-refractivity contribution in [1.82, 2.24) is 19.7 Å². The van der Waals surface area contributed by atoms with E-state index in [0.717, 1.165) is 10.5 Å². The molecule has 2 heterocycles. The predicted molar refractivity (Wildman–Crippen MR) is 110 cm³/mol. The lowest BCUT2D eigenvalue weighted by Crippen LogP contribution is -2.16. The van der Waals surface area contributed by atoms with Crippen molar-refractivity contribution in [2.24, 2.45) is 12.8 Å². The van der Waals surface area contributed by atoms with Gasteiger partial charge in [-0.05, 0) is 24.3 Å². The Kier molecular flexibility index (Phi) is 6.66. The van der Waals surface area contributed by atoms with Gasteiger partial charge in [0.1, 0.15) is 0 Å². The molecular formula is C18H18N6O2S2. The summed E-state index contributed by atoms with van der Waals surface area (Å²) < 4.78 is 1.84. The molecule has 0 atom stereocenters. The number of amides is 2. The molecule has 0 bridgehead atoms. The molecule has 3 N–H and O–H groups in total. The van der Waals surface area contributed by atoms with Crippen molar-refractivity contribution in [2.75, 3.05) is 16.8 Å². The molecule has 144 valence electrons. The standard InChI is InChI=1S/C18H18N6O2S2/c1-24-17(12-6-8-20-9-7-12)22-23-18(24)28-11-16(26)21-13-4-2-3-5-14(13)27-10-15(19)25/h2-9H,10-11H2,1H3,(H2,19,25)(H,21,26). The minimum absolute atomic E-state index is 0.151. The number of anilines is 1. The fourth-order valence-corrected chi connectivity index (χ4v) is 3.81. The van der Waals surface area contributed by atoms with E-state index in [4.69, 9.17) is 5.73 Å². The highest BCUT2D eigenvalue weighted by Crippen LogP contribution is 2.27. The van der Waals surface area contributed by atoms with Crippen LogP contribution in [0.3, 0.4) is 0 Å². The number of nitrogens with two attached hydrogens (primary N) is 1. The zero-order chi connectivity index (χ0) is 19.9. The van der Waals surface area contributed by atoms with Crippen molar-refractivity contribution in [2.45, 2.75) is 10.1 Å². The van der Waals surface area contributed by atoms with Crippen LogP contribution in [0.5, 0.6) is 0 Å². The molecule has 10 heteroatoms. The number of primary amides is 1. The number of aromatic nitrogens is 4. The van der Waals surface area contributed by atoms with Gasteiger partial charge in [-0.3, -0.25) is 14.6 Å². The Morgan fingerprint density at radius 3 is 2.57 bits per heavy atom. The van der Waals surface area contributed by atoms with Crippen LogP contribution in [0.25, 0.3) is 11.4 Å². The average Bonchev–Trinajstić information content (AvgIpc) is 3.07. The fraction of sp³-hybridized carbons (Fsp3) is 0.167. The molecule has 3 aromatic rings. The van der Waals surface area contributed by atoms with Crippen molar-refractivity contribution >= 4 is 41.0 Å². The van der Waals surface area contributed by atoms with Crippen LogP contribution in [0.1, 0.15) is 0 Å². The van der Waals surface area contributed by atoms with Crippen LogP contribution >= 0.6 is 23.5 Å². The summed E-state index contributed by atoms with van der Waals surface area (Å²) >= 11 is 2.58. The van der Waals surface area contributed by atoms with Gasteiger partial charge in [-0.25, -0.2) is 0 Å². The monoisotopic (exact) mass is 414 g/mol. The summed E-state index contributed by atoms with van der Waals surface area (Å²) in [4.78, 5) is 28.1. The third-order valence-electron chi connectivity index (χ3n) is 3.64. The van der Waals surface area contributed by atoms with Crippen molar-refractivity contribution in [3.05, 3.63) is 48.8 Å². The van der Waals surface area contributed by atoms with Crippen molar-refractivity contribution in [1.29, 1.82) is 0 Å². The Balaban J connectivity index is 1.61. The summed E-state index contributed by atoms with van der Waals surface area (Å²) in [6, 6.07) is 11.0. The lowest BCUT2D eigenvalue weighted by molar-refractivity contribution is -0.115. The molecule has 28 heavy (non-hydrogen) atoms. The largest absolute Gasteiger partial charge is 0.369 e. The van der Waals surface area contributed by atoms with E-state index in [9.17, 15) is 9.59 Å². The summed E-state index contributed by atoms with van der Waals surface area (Å²) in [6.45, 7) is 0. The molecule has 0 aliphatic carbocycles. The maximum Gasteiger partial charge on any atom is 0.234 e. The van der Waals surface area contributed by atoms with Crippen LogP contribution in [0.4, 0.5) is 5.69 Å². The highest BCUT2D eigenvalue weighted by molar-refractivity contribution is 8.00. The number of hydrogen-bond donors (Lipinski definition) is 2. The topological polar surface area (TPSA) is 116 Å². The van der Waals surface area contributed by atoms with E-state index in [-0.39, 0.29) is 17.4 Å². The molecule has 0 aliphatic rings. The van der Waals surface area contributed by atoms with Crippen LogP contribution in [-0.2, 0) is 16.6 Å². The number of nitrogens with zero attached hydrogens (tertiary/aromatic N) is 4. The first-order chi connectivity index (χ1) is 13.5. The number of para-hydroxylation sites is 1. The Morgan fingerprint density at radius 2 is 1.82 bits per heavy atom. The normalized spacial score (nSPS) is 10.6. The second-order valence-electron chi connectivity index (χ2n) is 5.69. The maximum absolute atomic E-state index is 12.4. The van der Waals surface area contributed by atoms with Gasteiger partial charge < -0.3 is 15.6 Å². The summed E-state index contributed by atoms with van der Waals surface area (Å²) in [7, 11) is 1.85. The lowest BCUT2D eigenvalue weighted by Gasteiger charge is -2.10. The average molecular weight is 415 g/mol. The predicted octanol–water partition coefficient (Wildman–Crippen LogP) is 2.19. The zero-order valence-corrected chi connectivity index (χ0v) is 16.7. The quantitative estimate of drug-likeness (QED) is 0.543. The number of carbonyl (C=O) groups excluding carboxylic acids is 2. The van der Waals surface area contributed by atoms with Gasteiger partial charge in [0.25, 0.3) is 0 Å². The van der Waals surface area contributed by atoms with Gasteiger partial charge in [-0.2, -0.15) is 0 Å². The Hall–Kier alpha value is -2.85. The SMILES string of the molecule is Cn1c(SCC(=O)Nc2ccccc2SCC(N)=O)nnc1-c1ccncc1. The number of pyridine rings is 1. The molecule has 0 spiro atoms. The van der Waals surface area contributed by atoms with E-state index in [1.54, 1.807) is 18.5 Å². The minimum Gasteiger partial charge on any atom is -0.369 e. The third-order valence-corrected chi connectivity index (χ3v) is 5.75. The van der Waals surface area contributed by atoms with Crippen molar-refractivity contribution in [3.63, 3.8) is 0 Å². The summed E-state index contributed by atoms with van der Waals surface area (Å²) in [6.07, 6.45) is 3.38. The highest BCUT2D eigenvalue weighted by atomic mass is 32.2. The molecule has 1 aromatic carbocycles. The number of hydrogen-bond acceptors (Lipinski definition) is 7. The lowest BCUT2D eigenvalue weighted by atomic mass is 10.2. The molecule has 0 radical (unpaired) electrons. The molecule has 2 aromatic heterocycles. The second kappa shape index (κ2) is 9.38. The fourth-order valence-electron chi connectivity index (χ4n) is 2.35. The van der Waals surface area contributed by atoms with Crippen molar-refractivity contribution in [3.8, 4) is 11.4 Å². The number of thioether (sulfide) groups is 2. The highest BCUT2D eigenvalue weighted by Gasteiger charge is 2.14. The van der Waals surface area contributed by atoms with E-state index in [2.05, 4.69) is 20.5 Å². The van der Waals surface area contributed by atoms with E-state index in [1.165, 1.54) is 23.5 Å². The molecule has 2 amide bonds. The molecule has 0 unspecified atom stereocenters. The first-order valence-corrected chi connectivity index (χ1v) is 10.2. The van der Waals surface area contributed by atoms with Crippen LogP contribution in [0.2, 0.25) is 0 Å². The third kappa shape index (κ3) is 5.11. The van der Waals surface area contributed by atoms with Crippen LogP contribution < -0.4 is 11.1 Å². The number of rotatable bonds is 8. The summed E-state index contributed by atoms with van der Waals surface area (Å²) in [5.74, 6) is 0.452. The summed E-state index contributed by atoms with van der Waals surface area (Å²) in [5.41, 5.74) is 6.75. The number of carbonyl (C=O) groups is 2. The van der Waals surface area contributed by atoms with Gasteiger partial charge in [0, 0.05) is 29.9 Å². The van der Waals surface area contributed by atoms with E-state index < -0.39 is 5.91 Å². The van der Waals surface area contributed by atoms with Gasteiger partial charge in [-0.1, -0.05) is 23.9 Å². The maximum atomic E-state index is 12.4. The molecular weight excluding hydrogens is 396 g/mol. The minimum atomic E-state index is -0.408. The zero-order valence-electron chi connectivity index (χ0n) is 15.0. The van der Waals surface area contributed by atoms with Crippen molar-refractivity contribution < 1.29 is 9.59 Å². The smallest absolute Gasteiger partial charge is 0.234 e. The van der Waals surface area contributed by atoms with Crippen LogP contribution in [0.15, 0.2) is 58.8 Å². The molecule has 8 nitrogen and oxygen atoms in total. The molecule has 3 rings (SSSR count). The van der Waals surface area contributed by atoms with Gasteiger partial charge in [0.05, 0.1) is 17.2 Å². The number of nitrogens with one attached hydrogen (secondary N) is 1.